The average molecular weight is 287 g/mol. The highest BCUT2D eigenvalue weighted by Crippen LogP contribution is 2.48. The number of hydrogen-bond acceptors (Lipinski definition) is 3. The molecule has 2 N–H and O–H groups in total. The first-order chi connectivity index (χ1) is 9.79. The maximum absolute atomic E-state index is 12.8. The predicted octanol–water partition coefficient (Wildman–Crippen LogP) is 1.47. The Morgan fingerprint density at radius 1 is 1.33 bits per heavy atom. The van der Waals surface area contributed by atoms with Crippen LogP contribution in [0.15, 0.2) is 18.3 Å². The number of nitrogens with zero attached hydrogens (tertiary/aromatic N) is 2. The summed E-state index contributed by atoms with van der Waals surface area (Å²) < 4.78 is 0. The van der Waals surface area contributed by atoms with E-state index in [1.165, 1.54) is 0 Å². The standard InChI is InChI=1S/C16H21N3O2/c1-16(2,3)13-8-9(4-5-18-13)15(21)19-11-6-10(11)7-12(19)14(17)20/h4-5,8,10-12H,6-7H2,1-3H3,(H2,17,20). The fourth-order valence-electron chi connectivity index (χ4n) is 3.13. The quantitative estimate of drug-likeness (QED) is 0.894. The van der Waals surface area contributed by atoms with Crippen molar-refractivity contribution in [3.8, 4) is 0 Å². The lowest BCUT2D eigenvalue weighted by Crippen LogP contribution is -2.46. The summed E-state index contributed by atoms with van der Waals surface area (Å²) in [5.74, 6) is -0.0484. The van der Waals surface area contributed by atoms with Crippen molar-refractivity contribution in [2.75, 3.05) is 0 Å². The lowest BCUT2D eigenvalue weighted by atomic mass is 9.90. The fraction of sp³-hybridized carbons (Fsp3) is 0.562. The normalized spacial score (nSPS) is 27.4. The van der Waals surface area contributed by atoms with E-state index < -0.39 is 11.9 Å². The lowest BCUT2D eigenvalue weighted by Gasteiger charge is -2.26. The highest BCUT2D eigenvalue weighted by atomic mass is 16.2. The molecule has 2 amide bonds. The molecule has 1 aromatic heterocycles. The molecule has 3 rings (SSSR count). The summed E-state index contributed by atoms with van der Waals surface area (Å²) in [7, 11) is 0. The van der Waals surface area contributed by atoms with Gasteiger partial charge in [-0.2, -0.15) is 0 Å². The minimum absolute atomic E-state index is 0.100. The lowest BCUT2D eigenvalue weighted by molar-refractivity contribution is -0.122. The van der Waals surface area contributed by atoms with Crippen molar-refractivity contribution in [3.63, 3.8) is 0 Å². The van der Waals surface area contributed by atoms with Crippen molar-refractivity contribution >= 4 is 11.8 Å². The van der Waals surface area contributed by atoms with Crippen molar-refractivity contribution < 1.29 is 9.59 Å². The van der Waals surface area contributed by atoms with Crippen molar-refractivity contribution in [2.45, 2.75) is 51.1 Å². The van der Waals surface area contributed by atoms with Gasteiger partial charge in [0.25, 0.3) is 5.91 Å². The molecule has 3 atom stereocenters. The second-order valence-corrected chi connectivity index (χ2v) is 7.11. The van der Waals surface area contributed by atoms with Gasteiger partial charge in [0.2, 0.25) is 5.91 Å². The second kappa shape index (κ2) is 4.55. The van der Waals surface area contributed by atoms with Gasteiger partial charge >= 0.3 is 0 Å². The zero-order valence-electron chi connectivity index (χ0n) is 12.7. The van der Waals surface area contributed by atoms with Gasteiger partial charge in [-0.05, 0) is 30.9 Å². The van der Waals surface area contributed by atoms with E-state index in [0.29, 0.717) is 17.9 Å². The first kappa shape index (κ1) is 14.0. The Balaban J connectivity index is 1.90. The molecule has 1 saturated carbocycles. The number of carbonyl (C=O) groups is 2. The molecule has 21 heavy (non-hydrogen) atoms. The number of likely N-dealkylation sites (tertiary alicyclic amines) is 1. The number of primary amides is 1. The summed E-state index contributed by atoms with van der Waals surface area (Å²) in [6.45, 7) is 6.17. The molecule has 112 valence electrons. The third kappa shape index (κ3) is 2.41. The van der Waals surface area contributed by atoms with E-state index in [2.05, 4.69) is 25.8 Å². The average Bonchev–Trinajstić information content (AvgIpc) is 3.08. The molecule has 1 saturated heterocycles. The number of fused-ring (bicyclic) bond motifs is 1. The number of hydrogen-bond donors (Lipinski definition) is 1. The van der Waals surface area contributed by atoms with E-state index in [9.17, 15) is 9.59 Å². The van der Waals surface area contributed by atoms with Crippen LogP contribution in [0.4, 0.5) is 0 Å². The van der Waals surface area contributed by atoms with Crippen LogP contribution >= 0.6 is 0 Å². The van der Waals surface area contributed by atoms with Gasteiger partial charge in [0.05, 0.1) is 0 Å². The third-order valence-corrected chi connectivity index (χ3v) is 4.44. The topological polar surface area (TPSA) is 76.3 Å². The maximum atomic E-state index is 12.8. The zero-order chi connectivity index (χ0) is 15.4. The van der Waals surface area contributed by atoms with Crippen LogP contribution in [0.5, 0.6) is 0 Å². The fourth-order valence-corrected chi connectivity index (χ4v) is 3.13. The van der Waals surface area contributed by atoms with Crippen molar-refractivity contribution in [1.29, 1.82) is 0 Å². The Kier molecular flexibility index (Phi) is 3.04. The van der Waals surface area contributed by atoms with Gasteiger partial charge in [0, 0.05) is 28.9 Å². The van der Waals surface area contributed by atoms with Crippen LogP contribution in [-0.2, 0) is 10.2 Å². The molecule has 1 aromatic rings. The zero-order valence-corrected chi connectivity index (χ0v) is 12.7. The Morgan fingerprint density at radius 2 is 2.05 bits per heavy atom. The van der Waals surface area contributed by atoms with Gasteiger partial charge in [-0.15, -0.1) is 0 Å². The molecule has 2 heterocycles. The Labute approximate surface area is 124 Å². The number of piperidine rings is 1. The molecular formula is C16H21N3O2. The van der Waals surface area contributed by atoms with E-state index in [1.807, 2.05) is 6.07 Å². The third-order valence-electron chi connectivity index (χ3n) is 4.44. The molecule has 2 fully saturated rings. The first-order valence-electron chi connectivity index (χ1n) is 7.37. The summed E-state index contributed by atoms with van der Waals surface area (Å²) in [6, 6.07) is 3.29. The van der Waals surface area contributed by atoms with Gasteiger partial charge in [-0.1, -0.05) is 20.8 Å². The molecule has 2 aliphatic rings. The van der Waals surface area contributed by atoms with E-state index in [-0.39, 0.29) is 17.4 Å². The van der Waals surface area contributed by atoms with Crippen LogP contribution in [0.3, 0.4) is 0 Å². The largest absolute Gasteiger partial charge is 0.368 e. The predicted molar refractivity (Wildman–Crippen MR) is 78.6 cm³/mol. The van der Waals surface area contributed by atoms with Gasteiger partial charge < -0.3 is 10.6 Å². The first-order valence-corrected chi connectivity index (χ1v) is 7.37. The van der Waals surface area contributed by atoms with Crippen LogP contribution in [0, 0.1) is 5.92 Å². The van der Waals surface area contributed by atoms with E-state index in [4.69, 9.17) is 5.73 Å². The molecule has 5 nitrogen and oxygen atoms in total. The Bertz CT molecular complexity index is 606. The molecule has 0 radical (unpaired) electrons. The highest BCUT2D eigenvalue weighted by molar-refractivity contribution is 5.98. The number of amides is 2. The summed E-state index contributed by atoms with van der Waals surface area (Å²) in [6.07, 6.45) is 3.36. The smallest absolute Gasteiger partial charge is 0.254 e. The van der Waals surface area contributed by atoms with Gasteiger partial charge in [-0.25, -0.2) is 0 Å². The van der Waals surface area contributed by atoms with Gasteiger partial charge in [0.1, 0.15) is 6.04 Å². The summed E-state index contributed by atoms with van der Waals surface area (Å²) in [4.78, 5) is 30.4. The molecule has 3 unspecified atom stereocenters. The van der Waals surface area contributed by atoms with Gasteiger partial charge in [0.15, 0.2) is 0 Å². The van der Waals surface area contributed by atoms with E-state index in [1.54, 1.807) is 17.2 Å². The van der Waals surface area contributed by atoms with Crippen molar-refractivity contribution in [1.82, 2.24) is 9.88 Å². The SMILES string of the molecule is CC(C)(C)c1cc(C(=O)N2C(C(N)=O)CC3CC32)ccn1. The molecular weight excluding hydrogens is 266 g/mol. The van der Waals surface area contributed by atoms with E-state index >= 15 is 0 Å². The molecule has 0 spiro atoms. The van der Waals surface area contributed by atoms with Crippen LogP contribution < -0.4 is 5.73 Å². The number of carbonyl (C=O) groups excluding carboxylic acids is 2. The summed E-state index contributed by atoms with van der Waals surface area (Å²) in [5, 5.41) is 0. The molecule has 0 aromatic carbocycles. The number of nitrogens with two attached hydrogens (primary N) is 1. The molecule has 1 aliphatic carbocycles. The molecule has 5 heteroatoms. The Morgan fingerprint density at radius 3 is 2.67 bits per heavy atom. The Hall–Kier alpha value is -1.91. The van der Waals surface area contributed by atoms with Crippen LogP contribution in [0.1, 0.15) is 49.7 Å². The minimum atomic E-state index is -0.451. The summed E-state index contributed by atoms with van der Waals surface area (Å²) >= 11 is 0. The van der Waals surface area contributed by atoms with E-state index in [0.717, 1.165) is 12.1 Å². The molecule has 1 aliphatic heterocycles. The van der Waals surface area contributed by atoms with Gasteiger partial charge in [-0.3, -0.25) is 14.6 Å². The summed E-state index contributed by atoms with van der Waals surface area (Å²) in [5.41, 5.74) is 6.78. The number of rotatable bonds is 2. The second-order valence-electron chi connectivity index (χ2n) is 7.11. The minimum Gasteiger partial charge on any atom is -0.368 e. The van der Waals surface area contributed by atoms with Crippen molar-refractivity contribution in [3.05, 3.63) is 29.6 Å². The number of aromatic nitrogens is 1. The van der Waals surface area contributed by atoms with Crippen molar-refractivity contribution in [2.24, 2.45) is 11.7 Å². The maximum Gasteiger partial charge on any atom is 0.254 e. The van der Waals surface area contributed by atoms with Crippen LogP contribution in [0.2, 0.25) is 0 Å². The number of pyridine rings is 1. The molecule has 0 bridgehead atoms. The van der Waals surface area contributed by atoms with Crippen LogP contribution in [-0.4, -0.2) is 33.8 Å². The monoisotopic (exact) mass is 287 g/mol. The van der Waals surface area contributed by atoms with Crippen LogP contribution in [0.25, 0.3) is 0 Å². The highest BCUT2D eigenvalue weighted by Gasteiger charge is 2.55.